The molecule has 0 radical (unpaired) electrons. The molecule has 1 aliphatic heterocycles. The molecule has 2 unspecified atom stereocenters. The first-order valence-electron chi connectivity index (χ1n) is 15.5. The number of nitrogens with zero attached hydrogens (tertiary/aromatic N) is 4. The van der Waals surface area contributed by atoms with E-state index in [-0.39, 0.29) is 59.6 Å². The monoisotopic (exact) mass is 851 g/mol. The van der Waals surface area contributed by atoms with Crippen LogP contribution in [-0.2, 0) is 55.5 Å². The fourth-order valence-electron chi connectivity index (χ4n) is 4.55. The van der Waals surface area contributed by atoms with E-state index >= 15 is 0 Å². The highest BCUT2D eigenvalue weighted by Crippen LogP contribution is 2.61. The first-order valence-corrected chi connectivity index (χ1v) is 21.0. The summed E-state index contributed by atoms with van der Waals surface area (Å²) in [5, 5.41) is 25.8. The minimum atomic E-state index is -5.58. The van der Waals surface area contributed by atoms with Crippen molar-refractivity contribution in [1.29, 1.82) is 0 Å². The highest BCUT2D eigenvalue weighted by Gasteiger charge is 2.50. The molecule has 2 amide bonds. The zero-order valence-electron chi connectivity index (χ0n) is 28.7. The number of rotatable bonds is 21. The average molecular weight is 852 g/mol. The fourth-order valence-corrected chi connectivity index (χ4v) is 8.12. The smallest absolute Gasteiger partial charge is 0.386 e. The number of aromatic nitrogens is 4. The number of hydrogen-bond acceptors (Lipinski definition) is 19. The van der Waals surface area contributed by atoms with Crippen LogP contribution < -0.4 is 16.4 Å². The van der Waals surface area contributed by atoms with Crippen LogP contribution in [0.25, 0.3) is 11.2 Å². The zero-order chi connectivity index (χ0) is 40.6. The van der Waals surface area contributed by atoms with E-state index in [0.717, 1.165) is 29.0 Å². The molecule has 0 bridgehead atoms. The summed E-state index contributed by atoms with van der Waals surface area (Å²) in [6, 6.07) is 0. The fraction of sp³-hybridized carbons (Fsp3) is 0.640. The highest BCUT2D eigenvalue weighted by molar-refractivity contribution is 8.13. The van der Waals surface area contributed by atoms with E-state index in [4.69, 9.17) is 19.5 Å². The minimum absolute atomic E-state index is 0.0240. The number of hydrogen-bond donors (Lipinski definition) is 9. The Hall–Kier alpha value is -2.77. The van der Waals surface area contributed by atoms with Crippen LogP contribution in [0, 0.1) is 5.41 Å². The number of anilines is 1. The second-order valence-corrected chi connectivity index (χ2v) is 17.6. The number of nitrogens with one attached hydrogen (secondary N) is 2. The lowest BCUT2D eigenvalue weighted by molar-refractivity contribution is -0.137. The summed E-state index contributed by atoms with van der Waals surface area (Å²) >= 11 is 0.878. The van der Waals surface area contributed by atoms with Gasteiger partial charge in [-0.25, -0.2) is 28.6 Å². The summed E-state index contributed by atoms with van der Waals surface area (Å²) in [4.78, 5) is 97.7. The van der Waals surface area contributed by atoms with E-state index in [9.17, 15) is 62.7 Å². The number of aliphatic hydroxyl groups is 2. The zero-order valence-corrected chi connectivity index (χ0v) is 32.2. The molecule has 3 rings (SSSR count). The third-order valence-corrected chi connectivity index (χ3v) is 11.1. The molecule has 1 aliphatic rings. The van der Waals surface area contributed by atoms with Crippen molar-refractivity contribution in [1.82, 2.24) is 30.2 Å². The summed E-state index contributed by atoms with van der Waals surface area (Å²) in [7, 11) is -16.4. The van der Waals surface area contributed by atoms with Gasteiger partial charge in [0.1, 0.15) is 42.0 Å². The predicted molar refractivity (Wildman–Crippen MR) is 182 cm³/mol. The first kappa shape index (κ1) is 45.6. The van der Waals surface area contributed by atoms with Gasteiger partial charge in [-0.1, -0.05) is 25.6 Å². The number of aliphatic hydroxyl groups excluding tert-OH is 2. The maximum atomic E-state index is 12.6. The second-order valence-electron chi connectivity index (χ2n) is 12.2. The number of amides is 2. The highest BCUT2D eigenvalue weighted by atomic mass is 32.2. The number of fused-ring (bicyclic) bond motifs is 1. The molecule has 2 aromatic rings. The molecule has 54 heavy (non-hydrogen) atoms. The number of nitrogen functional groups attached to an aromatic ring is 1. The van der Waals surface area contributed by atoms with Crippen LogP contribution in [0.4, 0.5) is 5.82 Å². The van der Waals surface area contributed by atoms with Gasteiger partial charge in [0, 0.05) is 30.7 Å². The van der Waals surface area contributed by atoms with Crippen molar-refractivity contribution in [2.24, 2.45) is 5.41 Å². The molecule has 1 saturated heterocycles. The third kappa shape index (κ3) is 13.8. The molecular weight excluding hydrogens is 811 g/mol. The summed E-state index contributed by atoms with van der Waals surface area (Å²) in [5.41, 5.74) is 4.22. The Morgan fingerprint density at radius 1 is 1.06 bits per heavy atom. The summed E-state index contributed by atoms with van der Waals surface area (Å²) in [6.45, 7) is 1.58. The van der Waals surface area contributed by atoms with Gasteiger partial charge in [-0.3, -0.25) is 37.3 Å². The molecule has 7 atom stereocenters. The van der Waals surface area contributed by atoms with E-state index in [1.807, 2.05) is 0 Å². The molecule has 0 saturated carbocycles. The first-order chi connectivity index (χ1) is 24.9. The van der Waals surface area contributed by atoms with Gasteiger partial charge in [-0.05, 0) is 6.92 Å². The summed E-state index contributed by atoms with van der Waals surface area (Å²) in [6.07, 6.45) is -7.24. The molecular formula is C25H40N7O18P3S. The van der Waals surface area contributed by atoms with Crippen LogP contribution in [-0.4, -0.2) is 128 Å². The van der Waals surface area contributed by atoms with E-state index in [1.54, 1.807) is 0 Å². The van der Waals surface area contributed by atoms with Crippen molar-refractivity contribution in [3.05, 3.63) is 12.7 Å². The Morgan fingerprint density at radius 2 is 1.72 bits per heavy atom. The van der Waals surface area contributed by atoms with Crippen LogP contribution in [0.2, 0.25) is 0 Å². The average Bonchev–Trinajstić information content (AvgIpc) is 3.60. The number of ketones is 1. The van der Waals surface area contributed by atoms with Gasteiger partial charge in [0.15, 0.2) is 22.8 Å². The number of carbonyl (C=O) groups is 4. The molecule has 0 spiro atoms. The van der Waals surface area contributed by atoms with Crippen molar-refractivity contribution in [2.45, 2.75) is 64.3 Å². The van der Waals surface area contributed by atoms with Crippen molar-refractivity contribution in [3.8, 4) is 0 Å². The lowest BCUT2D eigenvalue weighted by Gasteiger charge is -2.30. The molecule has 0 aliphatic carbocycles. The van der Waals surface area contributed by atoms with Gasteiger partial charge in [-0.15, -0.1) is 0 Å². The van der Waals surface area contributed by atoms with Crippen molar-refractivity contribution in [2.75, 3.05) is 37.8 Å². The predicted octanol–water partition coefficient (Wildman–Crippen LogP) is -1.36. The molecule has 3 heterocycles. The van der Waals surface area contributed by atoms with Crippen molar-refractivity contribution in [3.63, 3.8) is 0 Å². The molecule has 304 valence electrons. The second kappa shape index (κ2) is 18.9. The lowest BCUT2D eigenvalue weighted by atomic mass is 9.87. The van der Waals surface area contributed by atoms with Gasteiger partial charge < -0.3 is 50.9 Å². The van der Waals surface area contributed by atoms with E-state index < -0.39 is 84.6 Å². The van der Waals surface area contributed by atoms with Crippen molar-refractivity contribution >= 4 is 74.9 Å². The van der Waals surface area contributed by atoms with Crippen LogP contribution in [0.3, 0.4) is 0 Å². The molecule has 2 aromatic heterocycles. The molecule has 0 aromatic carbocycles. The van der Waals surface area contributed by atoms with Crippen LogP contribution in [0.15, 0.2) is 12.7 Å². The number of Topliss-reactive ketones (excluding diaryl/α,β-unsaturated/α-hetero) is 1. The largest absolute Gasteiger partial charge is 0.481 e. The number of imidazole rings is 1. The van der Waals surface area contributed by atoms with Crippen LogP contribution in [0.1, 0.15) is 39.8 Å². The maximum absolute atomic E-state index is 12.6. The normalized spacial score (nSPS) is 21.9. The van der Waals surface area contributed by atoms with Gasteiger partial charge in [-0.2, -0.15) is 4.31 Å². The number of nitrogens with two attached hydrogens (primary N) is 1. The van der Waals surface area contributed by atoms with Gasteiger partial charge in [0.25, 0.3) is 0 Å². The summed E-state index contributed by atoms with van der Waals surface area (Å²) in [5.74, 6) is -1.61. The van der Waals surface area contributed by atoms with E-state index in [2.05, 4.69) is 34.4 Å². The van der Waals surface area contributed by atoms with Crippen LogP contribution >= 0.6 is 35.2 Å². The quantitative estimate of drug-likeness (QED) is 0.0398. The van der Waals surface area contributed by atoms with Crippen molar-refractivity contribution < 1.29 is 85.3 Å². The number of phosphoric ester groups is 3. The molecule has 1 fully saturated rings. The SMILES string of the molecule is CC(=O)CC(=O)SCCNC(=O)CCNC(=O)[C@@H](O)C(C)(C)COP(=O)(O)OP(=O)(O)OC[C@@H]1O[C@@H](n2cnc3c(N)ncnc32)[C@H](O)[C@H]1OP(=O)(O)O. The van der Waals surface area contributed by atoms with Gasteiger partial charge >= 0.3 is 23.5 Å². The standard InChI is InChI=1S/C25H40N7O18P3S/c1-13(33)8-16(35)54-7-6-27-15(34)4-5-28-23(38)20(37)25(2,3)10-47-53(44,45)50-52(42,43)46-9-14-19(49-51(39,40)41)18(36)24(48-14)32-12-31-17-21(26)29-11-30-22(17)32/h11-12,14,18-20,24,36-37H,4-10H2,1-3H3,(H,27,34)(H,28,38)(H,42,43)(H,44,45)(H2,26,29,30)(H2,39,40,41)/t14-,18+,19-,20+,24+/m0/s1. The molecule has 25 nitrogen and oxygen atoms in total. The molecule has 10 N–H and O–H groups in total. The third-order valence-electron chi connectivity index (χ3n) is 7.16. The number of carbonyl (C=O) groups excluding carboxylic acids is 4. The maximum Gasteiger partial charge on any atom is 0.481 e. The summed E-state index contributed by atoms with van der Waals surface area (Å²) < 4.78 is 61.9. The molecule has 29 heteroatoms. The number of ether oxygens (including phenoxy) is 1. The Kier molecular flexibility index (Phi) is 16.0. The number of thioether (sulfide) groups is 1. The van der Waals surface area contributed by atoms with Gasteiger partial charge in [0.05, 0.1) is 26.0 Å². The Balaban J connectivity index is 1.51. The van der Waals surface area contributed by atoms with E-state index in [0.29, 0.717) is 0 Å². The number of phosphoric acid groups is 3. The Morgan fingerprint density at radius 3 is 2.37 bits per heavy atom. The lowest BCUT2D eigenvalue weighted by Crippen LogP contribution is -2.46. The van der Waals surface area contributed by atoms with Gasteiger partial charge in [0.2, 0.25) is 11.8 Å². The van der Waals surface area contributed by atoms with Crippen LogP contribution in [0.5, 0.6) is 0 Å². The minimum Gasteiger partial charge on any atom is -0.386 e. The Bertz CT molecular complexity index is 1830. The Labute approximate surface area is 310 Å². The topological polar surface area (TPSA) is 381 Å². The van der Waals surface area contributed by atoms with E-state index in [1.165, 1.54) is 20.8 Å².